The third-order valence-electron chi connectivity index (χ3n) is 3.61. The molecule has 104 valence electrons. The Balaban J connectivity index is 1.82. The smallest absolute Gasteiger partial charge is 0.161 e. The molecule has 1 aromatic carbocycles. The molecule has 0 aromatic heterocycles. The Bertz CT molecular complexity index is 492. The van der Waals surface area contributed by atoms with Crippen molar-refractivity contribution in [3.05, 3.63) is 23.8 Å². The lowest BCUT2D eigenvalue weighted by Crippen LogP contribution is -2.41. The van der Waals surface area contributed by atoms with Crippen molar-refractivity contribution in [2.24, 2.45) is 0 Å². The summed E-state index contributed by atoms with van der Waals surface area (Å²) in [5.74, 6) is 2.29. The van der Waals surface area contributed by atoms with Crippen LogP contribution >= 0.6 is 0 Å². The predicted octanol–water partition coefficient (Wildman–Crippen LogP) is 1.63. The van der Waals surface area contributed by atoms with Gasteiger partial charge in [-0.2, -0.15) is 0 Å². The van der Waals surface area contributed by atoms with Crippen molar-refractivity contribution in [3.8, 4) is 11.5 Å². The number of fused-ring (bicyclic) bond motifs is 1. The van der Waals surface area contributed by atoms with Gasteiger partial charge >= 0.3 is 0 Å². The lowest BCUT2D eigenvalue weighted by molar-refractivity contribution is 0.297. The number of rotatable bonds is 1. The van der Waals surface area contributed by atoms with Crippen LogP contribution in [0.1, 0.15) is 24.9 Å². The Labute approximate surface area is 115 Å². The largest absolute Gasteiger partial charge is 0.490 e. The van der Waals surface area contributed by atoms with Crippen molar-refractivity contribution in [2.45, 2.75) is 24.6 Å². The van der Waals surface area contributed by atoms with E-state index in [1.165, 1.54) is 0 Å². The summed E-state index contributed by atoms with van der Waals surface area (Å²) in [6, 6.07) is 6.16. The third-order valence-corrected chi connectivity index (χ3v) is 5.33. The number of ether oxygens (including phenoxy) is 2. The van der Waals surface area contributed by atoms with Crippen LogP contribution in [0, 0.1) is 0 Å². The fourth-order valence-corrected chi connectivity index (χ4v) is 3.65. The summed E-state index contributed by atoms with van der Waals surface area (Å²) in [5, 5.41) is 3.68. The summed E-state index contributed by atoms with van der Waals surface area (Å²) in [5.41, 5.74) is 1.13. The van der Waals surface area contributed by atoms with Gasteiger partial charge < -0.3 is 14.8 Å². The van der Waals surface area contributed by atoms with Gasteiger partial charge in [0.15, 0.2) is 11.5 Å². The Hall–Kier alpha value is -1.07. The summed E-state index contributed by atoms with van der Waals surface area (Å²) >= 11 is 0. The van der Waals surface area contributed by atoms with Crippen LogP contribution < -0.4 is 14.8 Å². The van der Waals surface area contributed by atoms with Crippen LogP contribution in [0.3, 0.4) is 0 Å². The Morgan fingerprint density at radius 1 is 1.26 bits per heavy atom. The number of nitrogens with one attached hydrogen (secondary N) is 1. The van der Waals surface area contributed by atoms with E-state index in [-0.39, 0.29) is 11.3 Å². The molecule has 0 radical (unpaired) electrons. The Morgan fingerprint density at radius 2 is 2.05 bits per heavy atom. The average molecular weight is 281 g/mol. The van der Waals surface area contributed by atoms with Crippen molar-refractivity contribution in [1.29, 1.82) is 0 Å². The quantitative estimate of drug-likeness (QED) is 0.850. The molecular weight excluding hydrogens is 262 g/mol. The van der Waals surface area contributed by atoms with E-state index in [4.69, 9.17) is 9.47 Å². The highest BCUT2D eigenvalue weighted by molar-refractivity contribution is 7.85. The van der Waals surface area contributed by atoms with Gasteiger partial charge in [-0.1, -0.05) is 6.07 Å². The molecule has 5 heteroatoms. The first-order valence-corrected chi connectivity index (χ1v) is 8.12. The standard InChI is InChI=1S/C14H19NO3S/c1-10-8-15-12(9-19(10)16)11-3-4-13-14(7-11)18-6-2-5-17-13/h3-4,7,10,12,15H,2,5-6,8-9H2,1H3. The summed E-state index contributed by atoms with van der Waals surface area (Å²) < 4.78 is 23.3. The molecule has 3 unspecified atom stereocenters. The minimum Gasteiger partial charge on any atom is -0.490 e. The Kier molecular flexibility index (Phi) is 3.75. The molecule has 4 nitrogen and oxygen atoms in total. The van der Waals surface area contributed by atoms with Crippen molar-refractivity contribution in [1.82, 2.24) is 5.32 Å². The van der Waals surface area contributed by atoms with Crippen LogP contribution in [-0.2, 0) is 10.8 Å². The summed E-state index contributed by atoms with van der Waals surface area (Å²) in [6.07, 6.45) is 0.910. The summed E-state index contributed by atoms with van der Waals surface area (Å²) in [7, 11) is -0.755. The monoisotopic (exact) mass is 281 g/mol. The van der Waals surface area contributed by atoms with Crippen LogP contribution in [0.25, 0.3) is 0 Å². The lowest BCUT2D eigenvalue weighted by atomic mass is 10.1. The molecule has 1 N–H and O–H groups in total. The Morgan fingerprint density at radius 3 is 2.84 bits per heavy atom. The zero-order valence-electron chi connectivity index (χ0n) is 11.1. The van der Waals surface area contributed by atoms with Gasteiger partial charge in [-0.15, -0.1) is 0 Å². The van der Waals surface area contributed by atoms with Crippen molar-refractivity contribution in [2.75, 3.05) is 25.5 Å². The van der Waals surface area contributed by atoms with E-state index in [1.807, 2.05) is 25.1 Å². The highest BCUT2D eigenvalue weighted by atomic mass is 32.2. The zero-order chi connectivity index (χ0) is 13.2. The molecule has 0 amide bonds. The van der Waals surface area contributed by atoms with Gasteiger partial charge in [0.2, 0.25) is 0 Å². The van der Waals surface area contributed by atoms with Crippen LogP contribution in [0.15, 0.2) is 18.2 Å². The number of benzene rings is 1. The van der Waals surface area contributed by atoms with Gasteiger partial charge in [-0.25, -0.2) is 0 Å². The van der Waals surface area contributed by atoms with Gasteiger partial charge in [0.05, 0.1) is 13.2 Å². The maximum atomic E-state index is 11.9. The van der Waals surface area contributed by atoms with Crippen LogP contribution in [0.2, 0.25) is 0 Å². The van der Waals surface area contributed by atoms with Crippen LogP contribution in [0.4, 0.5) is 0 Å². The molecule has 1 aromatic rings. The summed E-state index contributed by atoms with van der Waals surface area (Å²) in [4.78, 5) is 0. The molecule has 3 rings (SSSR count). The molecule has 0 bridgehead atoms. The van der Waals surface area contributed by atoms with Crippen molar-refractivity contribution >= 4 is 10.8 Å². The summed E-state index contributed by atoms with van der Waals surface area (Å²) in [6.45, 7) is 4.21. The number of hydrogen-bond acceptors (Lipinski definition) is 4. The van der Waals surface area contributed by atoms with Gasteiger partial charge in [-0.05, 0) is 24.6 Å². The minimum absolute atomic E-state index is 0.147. The van der Waals surface area contributed by atoms with E-state index < -0.39 is 10.8 Å². The molecular formula is C14H19NO3S. The lowest BCUT2D eigenvalue weighted by Gasteiger charge is -2.28. The molecule has 0 spiro atoms. The molecule has 0 aliphatic carbocycles. The first-order chi connectivity index (χ1) is 9.24. The fraction of sp³-hybridized carbons (Fsp3) is 0.571. The molecule has 19 heavy (non-hydrogen) atoms. The first kappa shape index (κ1) is 12.9. The highest BCUT2D eigenvalue weighted by Crippen LogP contribution is 2.33. The van der Waals surface area contributed by atoms with Crippen molar-refractivity contribution < 1.29 is 13.7 Å². The van der Waals surface area contributed by atoms with Gasteiger partial charge in [-0.3, -0.25) is 4.21 Å². The molecule has 0 saturated carbocycles. The van der Waals surface area contributed by atoms with Gasteiger partial charge in [0, 0.05) is 40.8 Å². The topological polar surface area (TPSA) is 47.6 Å². The molecule has 2 aliphatic rings. The highest BCUT2D eigenvalue weighted by Gasteiger charge is 2.25. The second kappa shape index (κ2) is 5.51. The zero-order valence-corrected chi connectivity index (χ0v) is 11.9. The molecule has 3 atom stereocenters. The number of hydrogen-bond donors (Lipinski definition) is 1. The van der Waals surface area contributed by atoms with E-state index >= 15 is 0 Å². The third kappa shape index (κ3) is 2.77. The van der Waals surface area contributed by atoms with Gasteiger partial charge in [0.25, 0.3) is 0 Å². The molecule has 1 fully saturated rings. The van der Waals surface area contributed by atoms with E-state index in [1.54, 1.807) is 0 Å². The first-order valence-electron chi connectivity index (χ1n) is 6.74. The van der Waals surface area contributed by atoms with Crippen LogP contribution in [0.5, 0.6) is 11.5 Å². The second-order valence-corrected chi connectivity index (χ2v) is 6.98. The van der Waals surface area contributed by atoms with E-state index in [9.17, 15) is 4.21 Å². The SMILES string of the molecule is CC1CNC(c2ccc3c(c2)OCCCO3)CS1=O. The normalized spacial score (nSPS) is 30.7. The fourth-order valence-electron chi connectivity index (χ4n) is 2.40. The van der Waals surface area contributed by atoms with Crippen molar-refractivity contribution in [3.63, 3.8) is 0 Å². The maximum absolute atomic E-state index is 11.9. The second-order valence-electron chi connectivity index (χ2n) is 5.08. The van der Waals surface area contributed by atoms with E-state index in [2.05, 4.69) is 5.32 Å². The van der Waals surface area contributed by atoms with E-state index in [0.717, 1.165) is 30.0 Å². The maximum Gasteiger partial charge on any atom is 0.161 e. The predicted molar refractivity (Wildman–Crippen MR) is 75.3 cm³/mol. The average Bonchev–Trinajstić information content (AvgIpc) is 2.66. The van der Waals surface area contributed by atoms with Gasteiger partial charge in [0.1, 0.15) is 0 Å². The van der Waals surface area contributed by atoms with E-state index in [0.29, 0.717) is 19.0 Å². The minimum atomic E-state index is -0.755. The molecule has 2 heterocycles. The molecule has 2 aliphatic heterocycles. The van der Waals surface area contributed by atoms with Crippen LogP contribution in [-0.4, -0.2) is 35.0 Å². The molecule has 1 saturated heterocycles.